The summed E-state index contributed by atoms with van der Waals surface area (Å²) in [6, 6.07) is 0. The number of hydrogen-bond acceptors (Lipinski definition) is 6. The molecule has 0 unspecified atom stereocenters. The lowest BCUT2D eigenvalue weighted by atomic mass is 9.78. The molecule has 1 aromatic heterocycles. The molecule has 0 spiro atoms. The molecule has 2 heterocycles. The van der Waals surface area contributed by atoms with E-state index < -0.39 is 32.1 Å². The van der Waals surface area contributed by atoms with Gasteiger partial charge in [0.2, 0.25) is 0 Å². The number of carbonyl (C=O) groups excluding carboxylic acids is 1. The van der Waals surface area contributed by atoms with Crippen molar-refractivity contribution in [2.75, 3.05) is 19.7 Å². The van der Waals surface area contributed by atoms with Crippen LogP contribution >= 0.6 is 11.3 Å². The van der Waals surface area contributed by atoms with Gasteiger partial charge in [0.1, 0.15) is 5.78 Å². The first-order valence-electron chi connectivity index (χ1n) is 11.4. The van der Waals surface area contributed by atoms with Crippen LogP contribution in [0.15, 0.2) is 0 Å². The number of nitrogens with zero attached hydrogens (tertiary/aromatic N) is 2. The van der Waals surface area contributed by atoms with Crippen LogP contribution in [0.2, 0.25) is 0 Å². The second-order valence-corrected chi connectivity index (χ2v) is 9.76. The van der Waals surface area contributed by atoms with Gasteiger partial charge in [-0.2, -0.15) is 13.2 Å². The summed E-state index contributed by atoms with van der Waals surface area (Å²) >= 11 is 1.35. The minimum atomic E-state index is -4.26. The number of ketones is 1. The molecule has 0 amide bonds. The fourth-order valence-electron chi connectivity index (χ4n) is 4.41. The lowest BCUT2D eigenvalue weighted by molar-refractivity contribution is -0.143. The van der Waals surface area contributed by atoms with E-state index in [2.05, 4.69) is 9.88 Å². The molecule has 1 aliphatic carbocycles. The molecule has 0 radical (unpaired) electrons. The number of rotatable bonds is 10. The highest BCUT2D eigenvalue weighted by molar-refractivity contribution is 7.13. The number of ether oxygens (including phenoxy) is 1. The second kappa shape index (κ2) is 13.9. The van der Waals surface area contributed by atoms with Crippen molar-refractivity contribution >= 4 is 23.6 Å². The van der Waals surface area contributed by atoms with Gasteiger partial charge in [0.15, 0.2) is 6.61 Å². The van der Waals surface area contributed by atoms with Crippen LogP contribution in [0.25, 0.3) is 0 Å². The maximum atomic E-state index is 12.3. The van der Waals surface area contributed by atoms with Crippen LogP contribution in [0.1, 0.15) is 61.9 Å². The number of halogens is 5. The fraction of sp³-hybridized carbons (Fsp3) is 0.773. The summed E-state index contributed by atoms with van der Waals surface area (Å²) in [7, 11) is 0. The quantitative estimate of drug-likeness (QED) is 0.335. The van der Waals surface area contributed by atoms with Crippen LogP contribution in [0, 0.1) is 11.8 Å². The van der Waals surface area contributed by atoms with Crippen molar-refractivity contribution in [3.63, 3.8) is 0 Å². The fourth-order valence-corrected chi connectivity index (χ4v) is 5.33. The molecule has 1 N–H and O–H groups in total. The summed E-state index contributed by atoms with van der Waals surface area (Å²) in [5.74, 6) is 0.518. The Balaban J connectivity index is 0.00000129. The number of carboxylic acid groups (broad SMARTS) is 1. The van der Waals surface area contributed by atoms with Gasteiger partial charge in [-0.15, -0.1) is 0 Å². The SMILES string of the molecule is O=C(CCC(F)(F)F)CC1CCC(CCN2CCc3sc(OCC(F)F)nc3C2)CC1.O=CO. The molecular weight excluding hydrogens is 483 g/mol. The summed E-state index contributed by atoms with van der Waals surface area (Å²) < 4.78 is 66.3. The van der Waals surface area contributed by atoms with Gasteiger partial charge in [-0.3, -0.25) is 14.5 Å². The summed E-state index contributed by atoms with van der Waals surface area (Å²) in [5, 5.41) is 7.20. The Hall–Kier alpha value is -1.82. The molecule has 194 valence electrons. The van der Waals surface area contributed by atoms with E-state index >= 15 is 0 Å². The van der Waals surface area contributed by atoms with Crippen LogP contribution in [0.3, 0.4) is 0 Å². The predicted octanol–water partition coefficient (Wildman–Crippen LogP) is 5.34. The average Bonchev–Trinajstić information content (AvgIpc) is 3.18. The number of hydrogen-bond donors (Lipinski definition) is 1. The number of alkyl halides is 5. The van der Waals surface area contributed by atoms with E-state index in [1.54, 1.807) is 0 Å². The van der Waals surface area contributed by atoms with Crippen molar-refractivity contribution in [1.29, 1.82) is 0 Å². The highest BCUT2D eigenvalue weighted by atomic mass is 32.1. The van der Waals surface area contributed by atoms with E-state index in [0.29, 0.717) is 17.7 Å². The monoisotopic (exact) mass is 514 g/mol. The summed E-state index contributed by atoms with van der Waals surface area (Å²) in [6.45, 7) is 1.66. The third kappa shape index (κ3) is 10.6. The maximum Gasteiger partial charge on any atom is 0.389 e. The van der Waals surface area contributed by atoms with Gasteiger partial charge in [-0.1, -0.05) is 24.2 Å². The third-order valence-electron chi connectivity index (χ3n) is 6.14. The number of fused-ring (bicyclic) bond motifs is 1. The zero-order valence-electron chi connectivity index (χ0n) is 18.9. The number of aromatic nitrogens is 1. The van der Waals surface area contributed by atoms with Crippen molar-refractivity contribution in [3.05, 3.63) is 10.6 Å². The van der Waals surface area contributed by atoms with Gasteiger partial charge in [-0.05, 0) is 44.1 Å². The molecule has 1 saturated carbocycles. The number of Topliss-reactive ketones (excluding diaryl/α,β-unsaturated/α-hetero) is 1. The average molecular weight is 515 g/mol. The molecule has 1 aromatic rings. The van der Waals surface area contributed by atoms with Crippen LogP contribution in [0.4, 0.5) is 22.0 Å². The molecule has 6 nitrogen and oxygen atoms in total. The molecule has 0 aromatic carbocycles. The lowest BCUT2D eigenvalue weighted by Gasteiger charge is -2.31. The smallest absolute Gasteiger partial charge is 0.389 e. The van der Waals surface area contributed by atoms with Gasteiger partial charge in [0, 0.05) is 30.8 Å². The van der Waals surface area contributed by atoms with E-state index in [0.717, 1.165) is 62.2 Å². The van der Waals surface area contributed by atoms with E-state index in [-0.39, 0.29) is 24.6 Å². The summed E-state index contributed by atoms with van der Waals surface area (Å²) in [4.78, 5) is 27.9. The van der Waals surface area contributed by atoms with Crippen LogP contribution in [0.5, 0.6) is 5.19 Å². The minimum absolute atomic E-state index is 0.219. The highest BCUT2D eigenvalue weighted by Gasteiger charge is 2.29. The summed E-state index contributed by atoms with van der Waals surface area (Å²) in [5.41, 5.74) is 0.918. The molecule has 0 saturated heterocycles. The molecule has 3 rings (SSSR count). The van der Waals surface area contributed by atoms with E-state index in [4.69, 9.17) is 14.6 Å². The Bertz CT molecular complexity index is 767. The van der Waals surface area contributed by atoms with Crippen molar-refractivity contribution in [3.8, 4) is 5.19 Å². The first kappa shape index (κ1) is 28.4. The predicted molar refractivity (Wildman–Crippen MR) is 116 cm³/mol. The number of thiazole rings is 1. The zero-order valence-corrected chi connectivity index (χ0v) is 19.7. The first-order valence-corrected chi connectivity index (χ1v) is 12.2. The molecule has 12 heteroatoms. The molecule has 34 heavy (non-hydrogen) atoms. The lowest BCUT2D eigenvalue weighted by Crippen LogP contribution is -2.32. The van der Waals surface area contributed by atoms with Crippen molar-refractivity contribution in [2.24, 2.45) is 11.8 Å². The Morgan fingerprint density at radius 3 is 2.50 bits per heavy atom. The van der Waals surface area contributed by atoms with Gasteiger partial charge >= 0.3 is 6.18 Å². The minimum Gasteiger partial charge on any atom is -0.483 e. The second-order valence-electron chi connectivity index (χ2n) is 8.72. The van der Waals surface area contributed by atoms with Crippen LogP contribution < -0.4 is 4.74 Å². The number of carbonyl (C=O) groups is 2. The topological polar surface area (TPSA) is 79.7 Å². The Kier molecular flexibility index (Phi) is 11.6. The van der Waals surface area contributed by atoms with Gasteiger partial charge in [0.25, 0.3) is 18.1 Å². The Labute approximate surface area is 199 Å². The van der Waals surface area contributed by atoms with E-state index in [9.17, 15) is 26.7 Å². The molecule has 0 bridgehead atoms. The Morgan fingerprint density at radius 1 is 1.24 bits per heavy atom. The molecule has 1 fully saturated rings. The zero-order chi connectivity index (χ0) is 25.1. The Morgan fingerprint density at radius 2 is 1.88 bits per heavy atom. The first-order chi connectivity index (χ1) is 16.1. The molecular formula is C22H31F5N2O4S. The maximum absolute atomic E-state index is 12.3. The van der Waals surface area contributed by atoms with E-state index in [1.807, 2.05) is 0 Å². The largest absolute Gasteiger partial charge is 0.483 e. The van der Waals surface area contributed by atoms with Crippen molar-refractivity contribution in [1.82, 2.24) is 9.88 Å². The van der Waals surface area contributed by atoms with Crippen molar-refractivity contribution in [2.45, 2.75) is 76.9 Å². The van der Waals surface area contributed by atoms with Crippen LogP contribution in [-0.4, -0.2) is 59.5 Å². The van der Waals surface area contributed by atoms with E-state index in [1.165, 1.54) is 11.3 Å². The van der Waals surface area contributed by atoms with Crippen LogP contribution in [-0.2, 0) is 22.6 Å². The normalized spacial score (nSPS) is 20.9. The van der Waals surface area contributed by atoms with Gasteiger partial charge < -0.3 is 9.84 Å². The van der Waals surface area contributed by atoms with Crippen molar-refractivity contribution < 1.29 is 41.4 Å². The summed E-state index contributed by atoms with van der Waals surface area (Å²) in [6.07, 6.45) is -2.18. The van der Waals surface area contributed by atoms with Gasteiger partial charge in [-0.25, -0.2) is 13.8 Å². The standard InChI is InChI=1S/C21H29F5N2O2S.CH2O2/c22-19(23)13-30-20-27-17-12-28(10-7-18(17)31-20)9-6-14-1-3-15(4-2-14)11-16(29)5-8-21(24,25)26;2-1-3/h14-15,19H,1-13H2;1H,(H,2,3). The third-order valence-corrected chi connectivity index (χ3v) is 7.21. The highest BCUT2D eigenvalue weighted by Crippen LogP contribution is 2.35. The van der Waals surface area contributed by atoms with Gasteiger partial charge in [0.05, 0.1) is 12.1 Å². The molecule has 0 atom stereocenters. The molecule has 1 aliphatic heterocycles. The molecule has 2 aliphatic rings.